The van der Waals surface area contributed by atoms with E-state index in [0.29, 0.717) is 12.0 Å². The topological polar surface area (TPSA) is 79.3 Å². The van der Waals surface area contributed by atoms with E-state index < -0.39 is 5.97 Å². The molecule has 2 N–H and O–H groups in total. The number of hydrogen-bond acceptors (Lipinski definition) is 3. The fourth-order valence-corrected chi connectivity index (χ4v) is 2.68. The fraction of sp³-hybridized carbons (Fsp3) is 0.500. The molecule has 2 aliphatic rings. The third-order valence-corrected chi connectivity index (χ3v) is 4.19. The molecule has 0 aliphatic heterocycles. The van der Waals surface area contributed by atoms with Crippen molar-refractivity contribution in [2.24, 2.45) is 11.3 Å². The number of nitrogens with zero attached hydrogens (tertiary/aromatic N) is 1. The van der Waals surface area contributed by atoms with Gasteiger partial charge in [-0.25, -0.2) is 4.79 Å². The molecule has 0 radical (unpaired) electrons. The Hall–Kier alpha value is -1.91. The van der Waals surface area contributed by atoms with Crippen LogP contribution in [0.2, 0.25) is 0 Å². The van der Waals surface area contributed by atoms with Gasteiger partial charge < -0.3 is 10.4 Å². The van der Waals surface area contributed by atoms with E-state index in [0.717, 1.165) is 5.92 Å². The smallest absolute Gasteiger partial charge is 0.338 e. The van der Waals surface area contributed by atoms with Crippen molar-refractivity contribution in [2.45, 2.75) is 25.7 Å². The van der Waals surface area contributed by atoms with Gasteiger partial charge in [-0.2, -0.15) is 0 Å². The van der Waals surface area contributed by atoms with Crippen LogP contribution in [0.3, 0.4) is 0 Å². The van der Waals surface area contributed by atoms with E-state index >= 15 is 0 Å². The fourth-order valence-electron chi connectivity index (χ4n) is 2.68. The molecule has 1 amide bonds. The summed E-state index contributed by atoms with van der Waals surface area (Å²) in [5.74, 6) is -0.748. The van der Waals surface area contributed by atoms with Crippen LogP contribution in [0.5, 0.6) is 0 Å². The molecule has 19 heavy (non-hydrogen) atoms. The largest absolute Gasteiger partial charge is 0.478 e. The number of carbonyl (C=O) groups excluding carboxylic acids is 1. The van der Waals surface area contributed by atoms with E-state index in [1.807, 2.05) is 0 Å². The third kappa shape index (κ3) is 2.32. The minimum Gasteiger partial charge on any atom is -0.478 e. The van der Waals surface area contributed by atoms with Crippen molar-refractivity contribution in [1.82, 2.24) is 10.3 Å². The molecule has 0 saturated heterocycles. The molecule has 2 aliphatic carbocycles. The number of hydrogen-bond donors (Lipinski definition) is 2. The predicted octanol–water partition coefficient (Wildman–Crippen LogP) is 1.70. The lowest BCUT2D eigenvalue weighted by molar-refractivity contribution is 0.0689. The maximum atomic E-state index is 12.1. The van der Waals surface area contributed by atoms with E-state index in [1.165, 1.54) is 44.0 Å². The monoisotopic (exact) mass is 260 g/mol. The van der Waals surface area contributed by atoms with Gasteiger partial charge in [0.25, 0.3) is 5.91 Å². The Kier molecular flexibility index (Phi) is 2.77. The second kappa shape index (κ2) is 4.33. The number of amides is 1. The molecular formula is C14H16N2O3. The van der Waals surface area contributed by atoms with Crippen LogP contribution in [-0.4, -0.2) is 28.5 Å². The molecule has 2 saturated carbocycles. The van der Waals surface area contributed by atoms with Crippen LogP contribution in [0.1, 0.15) is 46.5 Å². The molecule has 1 aromatic heterocycles. The van der Waals surface area contributed by atoms with E-state index in [1.54, 1.807) is 0 Å². The zero-order valence-corrected chi connectivity index (χ0v) is 10.6. The maximum Gasteiger partial charge on any atom is 0.338 e. The van der Waals surface area contributed by atoms with Crippen molar-refractivity contribution in [2.75, 3.05) is 6.54 Å². The average molecular weight is 260 g/mol. The van der Waals surface area contributed by atoms with Gasteiger partial charge in [-0.1, -0.05) is 0 Å². The molecule has 2 fully saturated rings. The molecule has 0 aromatic carbocycles. The highest BCUT2D eigenvalue weighted by atomic mass is 16.4. The summed E-state index contributed by atoms with van der Waals surface area (Å²) < 4.78 is 0. The predicted molar refractivity (Wildman–Crippen MR) is 67.9 cm³/mol. The van der Waals surface area contributed by atoms with Crippen molar-refractivity contribution in [1.29, 1.82) is 0 Å². The summed E-state index contributed by atoms with van der Waals surface area (Å²) in [4.78, 5) is 27.0. The lowest BCUT2D eigenvalue weighted by Gasteiger charge is -2.15. The third-order valence-electron chi connectivity index (χ3n) is 4.19. The Balaban J connectivity index is 1.69. The zero-order chi connectivity index (χ0) is 13.5. The summed E-state index contributed by atoms with van der Waals surface area (Å²) >= 11 is 0. The summed E-state index contributed by atoms with van der Waals surface area (Å²) in [6.07, 6.45) is 6.31. The maximum absolute atomic E-state index is 12.1. The summed E-state index contributed by atoms with van der Waals surface area (Å²) in [5, 5.41) is 11.9. The van der Waals surface area contributed by atoms with E-state index in [2.05, 4.69) is 10.3 Å². The van der Waals surface area contributed by atoms with Crippen molar-refractivity contribution in [3.05, 3.63) is 29.6 Å². The molecule has 0 bridgehead atoms. The number of nitrogens with one attached hydrogen (secondary N) is 1. The van der Waals surface area contributed by atoms with Gasteiger partial charge in [-0.05, 0) is 49.1 Å². The number of carboxylic acids is 1. The number of pyridine rings is 1. The lowest BCUT2D eigenvalue weighted by Crippen LogP contribution is -2.32. The first-order chi connectivity index (χ1) is 9.12. The van der Waals surface area contributed by atoms with Crippen molar-refractivity contribution in [3.8, 4) is 0 Å². The quantitative estimate of drug-likeness (QED) is 0.844. The van der Waals surface area contributed by atoms with Gasteiger partial charge in [0.05, 0.1) is 5.56 Å². The molecule has 5 heteroatoms. The molecule has 1 heterocycles. The summed E-state index contributed by atoms with van der Waals surface area (Å²) in [6, 6.07) is 2.92. The molecule has 0 spiro atoms. The van der Waals surface area contributed by atoms with Gasteiger partial charge in [-0.3, -0.25) is 9.78 Å². The number of aromatic carboxylic acids is 1. The van der Waals surface area contributed by atoms with Crippen LogP contribution in [0.25, 0.3) is 0 Å². The van der Waals surface area contributed by atoms with Crippen molar-refractivity contribution >= 4 is 11.9 Å². The molecule has 1 aromatic rings. The average Bonchev–Trinajstić information content (AvgIpc) is 3.28. The summed E-state index contributed by atoms with van der Waals surface area (Å²) in [6.45, 7) is 0.645. The van der Waals surface area contributed by atoms with Gasteiger partial charge >= 0.3 is 5.97 Å². The van der Waals surface area contributed by atoms with Gasteiger partial charge in [0.2, 0.25) is 0 Å². The van der Waals surface area contributed by atoms with Crippen LogP contribution >= 0.6 is 0 Å². The van der Waals surface area contributed by atoms with Crippen molar-refractivity contribution in [3.63, 3.8) is 0 Å². The first-order valence-corrected chi connectivity index (χ1v) is 6.59. The Morgan fingerprint density at radius 1 is 1.42 bits per heavy atom. The summed E-state index contributed by atoms with van der Waals surface area (Å²) in [5.41, 5.74) is 0.256. The Morgan fingerprint density at radius 3 is 2.74 bits per heavy atom. The number of rotatable bonds is 5. The van der Waals surface area contributed by atoms with Gasteiger partial charge in [-0.15, -0.1) is 0 Å². The Morgan fingerprint density at radius 2 is 2.16 bits per heavy atom. The SMILES string of the molecule is O=C(O)c1cccnc1C(=O)NCC1(C2CC2)CC1. The van der Waals surface area contributed by atoms with E-state index in [-0.39, 0.29) is 17.2 Å². The van der Waals surface area contributed by atoms with Crippen LogP contribution < -0.4 is 5.32 Å². The van der Waals surface area contributed by atoms with E-state index in [4.69, 9.17) is 5.11 Å². The van der Waals surface area contributed by atoms with Crippen LogP contribution in [-0.2, 0) is 0 Å². The molecule has 0 atom stereocenters. The molecule has 100 valence electrons. The lowest BCUT2D eigenvalue weighted by atomic mass is 10.0. The zero-order valence-electron chi connectivity index (χ0n) is 10.6. The molecule has 0 unspecified atom stereocenters. The Bertz CT molecular complexity index is 533. The normalized spacial score (nSPS) is 19.8. The van der Waals surface area contributed by atoms with Gasteiger partial charge in [0.15, 0.2) is 0 Å². The minimum atomic E-state index is -1.12. The molecule has 3 rings (SSSR count). The highest BCUT2D eigenvalue weighted by Gasteiger charge is 2.53. The molecule has 5 nitrogen and oxygen atoms in total. The van der Waals surface area contributed by atoms with Crippen LogP contribution in [0, 0.1) is 11.3 Å². The molecular weight excluding hydrogens is 244 g/mol. The van der Waals surface area contributed by atoms with Gasteiger partial charge in [0, 0.05) is 12.7 Å². The Labute approximate surface area is 111 Å². The van der Waals surface area contributed by atoms with E-state index in [9.17, 15) is 9.59 Å². The van der Waals surface area contributed by atoms with Crippen LogP contribution in [0.15, 0.2) is 18.3 Å². The van der Waals surface area contributed by atoms with Crippen LogP contribution in [0.4, 0.5) is 0 Å². The first-order valence-electron chi connectivity index (χ1n) is 6.59. The first kappa shape index (κ1) is 12.1. The second-order valence-electron chi connectivity index (χ2n) is 5.52. The number of aromatic nitrogens is 1. The highest BCUT2D eigenvalue weighted by molar-refractivity contribution is 6.03. The standard InChI is InChI=1S/C14H16N2O3/c17-12(11-10(13(18)19)2-1-7-15-11)16-8-14(5-6-14)9-3-4-9/h1-2,7,9H,3-6,8H2,(H,16,17)(H,18,19). The number of carbonyl (C=O) groups is 2. The van der Waals surface area contributed by atoms with Gasteiger partial charge in [0.1, 0.15) is 5.69 Å². The minimum absolute atomic E-state index is 0.00148. The second-order valence-corrected chi connectivity index (χ2v) is 5.52. The summed E-state index contributed by atoms with van der Waals surface area (Å²) in [7, 11) is 0. The highest BCUT2D eigenvalue weighted by Crippen LogP contribution is 2.60. The van der Waals surface area contributed by atoms with Crippen molar-refractivity contribution < 1.29 is 14.7 Å². The number of carboxylic acid groups (broad SMARTS) is 1.